The number of ether oxygens (including phenoxy) is 2. The number of alkyl carbamates (subject to hydrolysis) is 1. The number of esters is 1. The molecule has 1 aromatic carbocycles. The Morgan fingerprint density at radius 1 is 0.968 bits per heavy atom. The zero-order valence-electron chi connectivity index (χ0n) is 19.2. The molecule has 0 aliphatic carbocycles. The Kier molecular flexibility index (Phi) is 13.8. The smallest absolute Gasteiger partial charge is 0.408 e. The maximum Gasteiger partial charge on any atom is 0.408 e. The average molecular weight is 435 g/mol. The van der Waals surface area contributed by atoms with Gasteiger partial charge in [-0.15, -0.1) is 0 Å². The summed E-state index contributed by atoms with van der Waals surface area (Å²) in [5, 5.41) is 5.12. The molecule has 0 spiro atoms. The molecule has 7 nitrogen and oxygen atoms in total. The van der Waals surface area contributed by atoms with Gasteiger partial charge in [-0.05, 0) is 38.2 Å². The van der Waals surface area contributed by atoms with E-state index in [9.17, 15) is 14.4 Å². The Hall–Kier alpha value is -2.57. The summed E-state index contributed by atoms with van der Waals surface area (Å²) in [6.45, 7) is 3.88. The van der Waals surface area contributed by atoms with Gasteiger partial charge in [0.15, 0.2) is 0 Å². The first kappa shape index (κ1) is 26.5. The minimum absolute atomic E-state index is 0.0239. The Balaban J connectivity index is 2.44. The first-order valence-electron chi connectivity index (χ1n) is 11.3. The largest absolute Gasteiger partial charge is 0.461 e. The third-order valence-electron chi connectivity index (χ3n) is 5.02. The summed E-state index contributed by atoms with van der Waals surface area (Å²) >= 11 is 0. The molecule has 0 heterocycles. The highest BCUT2D eigenvalue weighted by Gasteiger charge is 2.22. The number of hydrogen-bond donors (Lipinski definition) is 2. The fourth-order valence-corrected chi connectivity index (χ4v) is 3.12. The SMILES string of the molecule is CCCCCCCC(CCCC(=O)NC)OC(=O)[C@H](C)NC(=O)OCc1ccccc1. The number of hydrogen-bond acceptors (Lipinski definition) is 5. The van der Waals surface area contributed by atoms with Crippen molar-refractivity contribution >= 4 is 18.0 Å². The second kappa shape index (κ2) is 16.2. The number of benzene rings is 1. The minimum Gasteiger partial charge on any atom is -0.461 e. The van der Waals surface area contributed by atoms with Crippen LogP contribution < -0.4 is 10.6 Å². The molecule has 2 amide bonds. The third kappa shape index (κ3) is 12.7. The molecule has 0 radical (unpaired) electrons. The van der Waals surface area contributed by atoms with Crippen LogP contribution in [0.2, 0.25) is 0 Å². The Morgan fingerprint density at radius 2 is 1.65 bits per heavy atom. The predicted molar refractivity (Wildman–Crippen MR) is 120 cm³/mol. The third-order valence-corrected chi connectivity index (χ3v) is 5.02. The van der Waals surface area contributed by atoms with E-state index in [4.69, 9.17) is 9.47 Å². The van der Waals surface area contributed by atoms with Gasteiger partial charge in [-0.1, -0.05) is 62.9 Å². The summed E-state index contributed by atoms with van der Waals surface area (Å²) in [6, 6.07) is 8.51. The van der Waals surface area contributed by atoms with Gasteiger partial charge in [-0.3, -0.25) is 4.79 Å². The maximum absolute atomic E-state index is 12.5. The molecule has 1 aromatic rings. The van der Waals surface area contributed by atoms with Crippen molar-refractivity contribution in [2.75, 3.05) is 7.05 Å². The number of amides is 2. The van der Waals surface area contributed by atoms with Gasteiger partial charge in [0.1, 0.15) is 18.8 Å². The summed E-state index contributed by atoms with van der Waals surface area (Å²) in [4.78, 5) is 35.9. The van der Waals surface area contributed by atoms with Crippen LogP contribution in [0, 0.1) is 0 Å². The summed E-state index contributed by atoms with van der Waals surface area (Å²) in [5.74, 6) is -0.514. The Labute approximate surface area is 186 Å². The van der Waals surface area contributed by atoms with Crippen LogP contribution in [0.3, 0.4) is 0 Å². The van der Waals surface area contributed by atoms with Gasteiger partial charge in [0.05, 0.1) is 0 Å². The summed E-state index contributed by atoms with van der Waals surface area (Å²) in [7, 11) is 1.61. The van der Waals surface area contributed by atoms with E-state index in [0.29, 0.717) is 19.3 Å². The lowest BCUT2D eigenvalue weighted by Gasteiger charge is -2.21. The molecule has 0 aromatic heterocycles. The van der Waals surface area contributed by atoms with E-state index < -0.39 is 18.1 Å². The first-order chi connectivity index (χ1) is 15.0. The second-order valence-corrected chi connectivity index (χ2v) is 7.75. The summed E-state index contributed by atoms with van der Waals surface area (Å²) in [6.07, 6.45) is 7.12. The number of carbonyl (C=O) groups is 3. The normalized spacial score (nSPS) is 12.5. The minimum atomic E-state index is -0.815. The predicted octanol–water partition coefficient (Wildman–Crippen LogP) is 4.49. The molecule has 1 unspecified atom stereocenters. The lowest BCUT2D eigenvalue weighted by atomic mass is 10.0. The van der Waals surface area contributed by atoms with Crippen molar-refractivity contribution in [1.82, 2.24) is 10.6 Å². The van der Waals surface area contributed by atoms with Crippen molar-refractivity contribution < 1.29 is 23.9 Å². The summed E-state index contributed by atoms with van der Waals surface area (Å²) < 4.78 is 10.8. The maximum atomic E-state index is 12.5. The van der Waals surface area contributed by atoms with Crippen LogP contribution in [0.1, 0.15) is 77.2 Å². The van der Waals surface area contributed by atoms with E-state index in [-0.39, 0.29) is 18.6 Å². The molecule has 2 N–H and O–H groups in total. The molecule has 0 saturated heterocycles. The van der Waals surface area contributed by atoms with Crippen molar-refractivity contribution in [3.8, 4) is 0 Å². The first-order valence-corrected chi connectivity index (χ1v) is 11.3. The van der Waals surface area contributed by atoms with E-state index in [0.717, 1.165) is 24.8 Å². The van der Waals surface area contributed by atoms with Crippen LogP contribution in [0.25, 0.3) is 0 Å². The topological polar surface area (TPSA) is 93.7 Å². The van der Waals surface area contributed by atoms with Crippen molar-refractivity contribution in [3.05, 3.63) is 35.9 Å². The van der Waals surface area contributed by atoms with Crippen LogP contribution in [0.4, 0.5) is 4.79 Å². The quantitative estimate of drug-likeness (QED) is 0.313. The monoisotopic (exact) mass is 434 g/mol. The van der Waals surface area contributed by atoms with E-state index >= 15 is 0 Å². The Bertz CT molecular complexity index is 651. The van der Waals surface area contributed by atoms with Crippen LogP contribution in [0.15, 0.2) is 30.3 Å². The van der Waals surface area contributed by atoms with Gasteiger partial charge >= 0.3 is 12.1 Å². The van der Waals surface area contributed by atoms with Gasteiger partial charge < -0.3 is 20.1 Å². The highest BCUT2D eigenvalue weighted by molar-refractivity contribution is 5.81. The van der Waals surface area contributed by atoms with Gasteiger partial charge in [0.25, 0.3) is 0 Å². The van der Waals surface area contributed by atoms with Gasteiger partial charge in [0, 0.05) is 13.5 Å². The second-order valence-electron chi connectivity index (χ2n) is 7.75. The molecule has 174 valence electrons. The molecule has 0 aliphatic rings. The molecule has 1 rings (SSSR count). The van der Waals surface area contributed by atoms with E-state index in [1.54, 1.807) is 14.0 Å². The molecular weight excluding hydrogens is 396 g/mol. The van der Waals surface area contributed by atoms with Crippen molar-refractivity contribution in [2.45, 2.75) is 90.4 Å². The Morgan fingerprint density at radius 3 is 2.32 bits per heavy atom. The van der Waals surface area contributed by atoms with Gasteiger partial charge in [-0.2, -0.15) is 0 Å². The number of unbranched alkanes of at least 4 members (excludes halogenated alkanes) is 4. The molecular formula is C24H38N2O5. The van der Waals surface area contributed by atoms with E-state index in [2.05, 4.69) is 17.6 Å². The molecule has 0 bridgehead atoms. The van der Waals surface area contributed by atoms with Gasteiger partial charge in [0.2, 0.25) is 5.91 Å². The van der Waals surface area contributed by atoms with Crippen LogP contribution in [0.5, 0.6) is 0 Å². The van der Waals surface area contributed by atoms with Crippen LogP contribution in [-0.2, 0) is 25.7 Å². The fourth-order valence-electron chi connectivity index (χ4n) is 3.12. The molecule has 2 atom stereocenters. The van der Waals surface area contributed by atoms with Crippen LogP contribution in [-0.4, -0.2) is 37.2 Å². The average Bonchev–Trinajstić information content (AvgIpc) is 2.77. The highest BCUT2D eigenvalue weighted by Crippen LogP contribution is 2.16. The zero-order valence-corrected chi connectivity index (χ0v) is 19.2. The summed E-state index contributed by atoms with van der Waals surface area (Å²) in [5.41, 5.74) is 0.868. The number of carbonyl (C=O) groups excluding carboxylic acids is 3. The number of rotatable bonds is 15. The van der Waals surface area contributed by atoms with Crippen molar-refractivity contribution in [1.29, 1.82) is 0 Å². The van der Waals surface area contributed by atoms with Crippen molar-refractivity contribution in [3.63, 3.8) is 0 Å². The van der Waals surface area contributed by atoms with E-state index in [1.165, 1.54) is 19.3 Å². The number of nitrogens with one attached hydrogen (secondary N) is 2. The standard InChI is InChI=1S/C24H38N2O5/c1-4-5-6-7-11-15-21(16-12-17-22(27)25-3)31-23(28)19(2)26-24(29)30-18-20-13-9-8-10-14-20/h8-10,13-14,19,21H,4-7,11-12,15-18H2,1-3H3,(H,25,27)(H,26,29)/t19-,21?/m0/s1. The fraction of sp³-hybridized carbons (Fsp3) is 0.625. The van der Waals surface area contributed by atoms with Gasteiger partial charge in [-0.25, -0.2) is 9.59 Å². The van der Waals surface area contributed by atoms with E-state index in [1.807, 2.05) is 30.3 Å². The molecule has 0 saturated carbocycles. The molecule has 31 heavy (non-hydrogen) atoms. The van der Waals surface area contributed by atoms with Crippen LogP contribution >= 0.6 is 0 Å². The highest BCUT2D eigenvalue weighted by atomic mass is 16.6. The lowest BCUT2D eigenvalue weighted by Crippen LogP contribution is -2.41. The zero-order chi connectivity index (χ0) is 22.9. The molecule has 0 fully saturated rings. The van der Waals surface area contributed by atoms with Crippen molar-refractivity contribution in [2.24, 2.45) is 0 Å². The lowest BCUT2D eigenvalue weighted by molar-refractivity contribution is -0.151. The molecule has 0 aliphatic heterocycles. The molecule has 7 heteroatoms.